The predicted molar refractivity (Wildman–Crippen MR) is 59.8 cm³/mol. The Morgan fingerprint density at radius 1 is 1.44 bits per heavy atom. The standard InChI is InChI=1S/C10H13NO6S/c1-4(12)17-5-7(13)11-6(9(14)15)10(2,3)18(16)8(5)11/h5-6,8H,1-3H3,(H,14,15)/t5-,6-,8+,18?/m0/s1. The van der Waals surface area contributed by atoms with Gasteiger partial charge in [-0.15, -0.1) is 0 Å². The molecule has 0 aliphatic carbocycles. The summed E-state index contributed by atoms with van der Waals surface area (Å²) in [6.45, 7) is 4.20. The number of carbonyl (C=O) groups is 3. The molecule has 2 heterocycles. The second-order valence-corrected chi connectivity index (χ2v) is 6.94. The van der Waals surface area contributed by atoms with Crippen LogP contribution >= 0.6 is 0 Å². The van der Waals surface area contributed by atoms with Gasteiger partial charge in [-0.25, -0.2) is 4.79 Å². The number of β-lactam (4-membered cyclic amide) rings is 1. The van der Waals surface area contributed by atoms with E-state index in [-0.39, 0.29) is 0 Å². The highest BCUT2D eigenvalue weighted by Crippen LogP contribution is 2.44. The molecule has 1 N–H and O–H groups in total. The SMILES string of the molecule is CC(=O)O[C@H]1C(=O)N2[C@@H]1S(=O)C(C)(C)[C@@H]2C(=O)O. The molecular formula is C10H13NO6S. The molecule has 4 atom stereocenters. The van der Waals surface area contributed by atoms with Crippen LogP contribution in [0.5, 0.6) is 0 Å². The summed E-state index contributed by atoms with van der Waals surface area (Å²) in [5.41, 5.74) is 0. The number of rotatable bonds is 2. The van der Waals surface area contributed by atoms with Crippen LogP contribution in [0.15, 0.2) is 0 Å². The highest BCUT2D eigenvalue weighted by Gasteiger charge is 2.69. The lowest BCUT2D eigenvalue weighted by Crippen LogP contribution is -2.67. The van der Waals surface area contributed by atoms with Crippen LogP contribution in [0.3, 0.4) is 0 Å². The number of hydrogen-bond acceptors (Lipinski definition) is 5. The number of fused-ring (bicyclic) bond motifs is 1. The number of nitrogens with zero attached hydrogens (tertiary/aromatic N) is 1. The molecule has 0 aromatic rings. The van der Waals surface area contributed by atoms with Crippen molar-refractivity contribution in [2.24, 2.45) is 0 Å². The van der Waals surface area contributed by atoms with Crippen LogP contribution < -0.4 is 0 Å². The molecule has 7 nitrogen and oxygen atoms in total. The second kappa shape index (κ2) is 3.78. The second-order valence-electron chi connectivity index (χ2n) is 4.81. The highest BCUT2D eigenvalue weighted by atomic mass is 32.2. The zero-order valence-electron chi connectivity index (χ0n) is 10.1. The molecule has 2 rings (SSSR count). The lowest BCUT2D eigenvalue weighted by atomic mass is 9.97. The molecule has 0 radical (unpaired) electrons. The van der Waals surface area contributed by atoms with Crippen molar-refractivity contribution >= 4 is 28.6 Å². The molecule has 18 heavy (non-hydrogen) atoms. The third-order valence-electron chi connectivity index (χ3n) is 3.23. The van der Waals surface area contributed by atoms with E-state index in [1.807, 2.05) is 0 Å². The first kappa shape index (κ1) is 13.0. The summed E-state index contributed by atoms with van der Waals surface area (Å²) in [4.78, 5) is 34.9. The Bertz CT molecular complexity index is 473. The van der Waals surface area contributed by atoms with E-state index in [1.165, 1.54) is 13.8 Å². The number of aliphatic carboxylic acids is 1. The smallest absolute Gasteiger partial charge is 0.328 e. The maximum absolute atomic E-state index is 12.2. The van der Waals surface area contributed by atoms with Crippen molar-refractivity contribution in [3.63, 3.8) is 0 Å². The van der Waals surface area contributed by atoms with E-state index in [4.69, 9.17) is 9.84 Å². The van der Waals surface area contributed by atoms with E-state index >= 15 is 0 Å². The first-order valence-corrected chi connectivity index (χ1v) is 6.53. The Hall–Kier alpha value is -1.44. The van der Waals surface area contributed by atoms with Crippen molar-refractivity contribution in [2.45, 2.75) is 43.0 Å². The van der Waals surface area contributed by atoms with Gasteiger partial charge in [-0.3, -0.25) is 13.8 Å². The van der Waals surface area contributed by atoms with Crippen LogP contribution in [0.2, 0.25) is 0 Å². The van der Waals surface area contributed by atoms with Gasteiger partial charge in [0.1, 0.15) is 6.04 Å². The first-order chi connectivity index (χ1) is 8.19. The number of carbonyl (C=O) groups excluding carboxylic acids is 2. The van der Waals surface area contributed by atoms with Crippen molar-refractivity contribution in [2.75, 3.05) is 0 Å². The quantitative estimate of drug-likeness (QED) is 0.516. The average molecular weight is 275 g/mol. The molecule has 1 unspecified atom stereocenters. The van der Waals surface area contributed by atoms with Crippen LogP contribution in [0, 0.1) is 0 Å². The van der Waals surface area contributed by atoms with E-state index in [1.54, 1.807) is 0 Å². The van der Waals surface area contributed by atoms with Gasteiger partial charge in [-0.05, 0) is 13.8 Å². The van der Waals surface area contributed by atoms with Crippen molar-refractivity contribution in [3.05, 3.63) is 0 Å². The summed E-state index contributed by atoms with van der Waals surface area (Å²) in [6.07, 6.45) is -1.12. The summed E-state index contributed by atoms with van der Waals surface area (Å²) in [7, 11) is -1.59. The van der Waals surface area contributed by atoms with Crippen LogP contribution in [-0.2, 0) is 29.9 Å². The molecule has 0 aromatic heterocycles. The topological polar surface area (TPSA) is 101 Å². The molecule has 2 fully saturated rings. The minimum absolute atomic E-state index is 0.596. The average Bonchev–Trinajstić information content (AvgIpc) is 2.42. The van der Waals surface area contributed by atoms with Gasteiger partial charge in [0.05, 0.1) is 15.5 Å². The van der Waals surface area contributed by atoms with Gasteiger partial charge in [0.25, 0.3) is 5.91 Å². The van der Waals surface area contributed by atoms with E-state index in [2.05, 4.69) is 0 Å². The minimum Gasteiger partial charge on any atom is -0.480 e. The Balaban J connectivity index is 2.34. The largest absolute Gasteiger partial charge is 0.480 e. The molecule has 2 aliphatic rings. The molecular weight excluding hydrogens is 262 g/mol. The number of amides is 1. The molecule has 0 bridgehead atoms. The van der Waals surface area contributed by atoms with Gasteiger partial charge in [-0.2, -0.15) is 0 Å². The third kappa shape index (κ3) is 1.48. The maximum Gasteiger partial charge on any atom is 0.328 e. The Morgan fingerprint density at radius 3 is 2.44 bits per heavy atom. The molecule has 1 amide bonds. The van der Waals surface area contributed by atoms with Gasteiger partial charge in [0.2, 0.25) is 6.10 Å². The molecule has 100 valence electrons. The maximum atomic E-state index is 12.2. The lowest BCUT2D eigenvalue weighted by Gasteiger charge is -2.41. The van der Waals surface area contributed by atoms with Gasteiger partial charge < -0.3 is 14.7 Å². The normalized spacial score (nSPS) is 36.8. The van der Waals surface area contributed by atoms with Crippen molar-refractivity contribution in [1.82, 2.24) is 4.90 Å². The third-order valence-corrected chi connectivity index (χ3v) is 5.41. The molecule has 2 saturated heterocycles. The number of esters is 1. The van der Waals surface area contributed by atoms with E-state index in [9.17, 15) is 18.6 Å². The van der Waals surface area contributed by atoms with Crippen LogP contribution in [0.1, 0.15) is 20.8 Å². The van der Waals surface area contributed by atoms with E-state index in [0.29, 0.717) is 0 Å². The van der Waals surface area contributed by atoms with Crippen LogP contribution in [-0.4, -0.2) is 54.3 Å². The summed E-state index contributed by atoms with van der Waals surface area (Å²) in [5.74, 6) is -2.45. The van der Waals surface area contributed by atoms with Gasteiger partial charge >= 0.3 is 11.9 Å². The van der Waals surface area contributed by atoms with Crippen LogP contribution in [0.25, 0.3) is 0 Å². The highest BCUT2D eigenvalue weighted by molar-refractivity contribution is 7.87. The fourth-order valence-corrected chi connectivity index (χ4v) is 4.29. The molecule has 0 saturated carbocycles. The lowest BCUT2D eigenvalue weighted by molar-refractivity contribution is -0.180. The molecule has 0 aromatic carbocycles. The summed E-state index contributed by atoms with van der Waals surface area (Å²) in [6, 6.07) is -1.15. The Kier molecular flexibility index (Phi) is 2.73. The van der Waals surface area contributed by atoms with E-state index in [0.717, 1.165) is 11.8 Å². The van der Waals surface area contributed by atoms with E-state index < -0.39 is 50.9 Å². The molecule has 8 heteroatoms. The Morgan fingerprint density at radius 2 is 2.00 bits per heavy atom. The Labute approximate surface area is 106 Å². The monoisotopic (exact) mass is 275 g/mol. The zero-order valence-corrected chi connectivity index (χ0v) is 10.9. The molecule has 2 aliphatic heterocycles. The summed E-state index contributed by atoms with van der Waals surface area (Å²) in [5, 5.41) is 8.29. The first-order valence-electron chi connectivity index (χ1n) is 5.32. The number of hydrogen-bond donors (Lipinski definition) is 1. The fraction of sp³-hybridized carbons (Fsp3) is 0.700. The number of ether oxygens (including phenoxy) is 1. The van der Waals surface area contributed by atoms with Gasteiger partial charge in [0.15, 0.2) is 5.37 Å². The number of carboxylic acids is 1. The van der Waals surface area contributed by atoms with Crippen molar-refractivity contribution in [3.8, 4) is 0 Å². The van der Waals surface area contributed by atoms with Gasteiger partial charge in [-0.1, -0.05) is 0 Å². The predicted octanol–water partition coefficient (Wildman–Crippen LogP) is -0.919. The zero-order chi connectivity index (χ0) is 13.8. The summed E-state index contributed by atoms with van der Waals surface area (Å²) < 4.78 is 15.9. The van der Waals surface area contributed by atoms with Crippen molar-refractivity contribution in [1.29, 1.82) is 0 Å². The number of carboxylic acid groups (broad SMARTS) is 1. The fourth-order valence-electron chi connectivity index (χ4n) is 2.41. The minimum atomic E-state index is -1.59. The van der Waals surface area contributed by atoms with Crippen LogP contribution in [0.4, 0.5) is 0 Å². The summed E-state index contributed by atoms with van der Waals surface area (Å²) >= 11 is 0. The van der Waals surface area contributed by atoms with Gasteiger partial charge in [0, 0.05) is 6.92 Å². The van der Waals surface area contributed by atoms with Crippen molar-refractivity contribution < 1.29 is 28.4 Å². The molecule has 0 spiro atoms.